The van der Waals surface area contributed by atoms with Crippen LogP contribution in [0.2, 0.25) is 0 Å². The lowest BCUT2D eigenvalue weighted by molar-refractivity contribution is -0.137. The van der Waals surface area contributed by atoms with Crippen molar-refractivity contribution in [1.82, 2.24) is 29.1 Å². The van der Waals surface area contributed by atoms with Crippen molar-refractivity contribution in [3.05, 3.63) is 119 Å². The molecule has 0 amide bonds. The molecule has 0 bridgehead atoms. The van der Waals surface area contributed by atoms with Gasteiger partial charge in [-0.2, -0.15) is 23.4 Å². The van der Waals surface area contributed by atoms with Crippen LogP contribution < -0.4 is 15.5 Å². The highest BCUT2D eigenvalue weighted by molar-refractivity contribution is 5.54. The standard InChI is InChI=1S/C31H29F5N8O2/c1-21(30(46,17-42-19-37-18-38-42)27-11-4-23(32)16-28(27)33)44-29(45)43(20-39-44)26-9-7-25(8-10-26)41-14-12-40(13-15-41)24-5-2-22(3-6-24)31(34,35)36/h2-11,16,18-21,46H,12-15,17H2,1H3/t21-,30-/m0/s1. The molecule has 1 saturated heterocycles. The van der Waals surface area contributed by atoms with Crippen LogP contribution in [0, 0.1) is 11.6 Å². The van der Waals surface area contributed by atoms with E-state index in [9.17, 15) is 31.9 Å². The summed E-state index contributed by atoms with van der Waals surface area (Å²) in [4.78, 5) is 21.6. The van der Waals surface area contributed by atoms with Gasteiger partial charge < -0.3 is 14.9 Å². The van der Waals surface area contributed by atoms with E-state index in [1.165, 1.54) is 47.3 Å². The third-order valence-electron chi connectivity index (χ3n) is 8.35. The molecule has 3 aromatic carbocycles. The fourth-order valence-corrected chi connectivity index (χ4v) is 5.71. The summed E-state index contributed by atoms with van der Waals surface area (Å²) in [5.41, 5.74) is -1.45. The van der Waals surface area contributed by atoms with Gasteiger partial charge in [0.2, 0.25) is 0 Å². The van der Waals surface area contributed by atoms with Crippen LogP contribution in [0.1, 0.15) is 24.1 Å². The molecule has 46 heavy (non-hydrogen) atoms. The van der Waals surface area contributed by atoms with Crippen LogP contribution in [0.5, 0.6) is 0 Å². The summed E-state index contributed by atoms with van der Waals surface area (Å²) in [5, 5.41) is 20.1. The second-order valence-corrected chi connectivity index (χ2v) is 11.1. The Hall–Kier alpha value is -5.05. The molecule has 1 fully saturated rings. The van der Waals surface area contributed by atoms with Gasteiger partial charge in [0.15, 0.2) is 0 Å². The zero-order chi connectivity index (χ0) is 32.6. The highest BCUT2D eigenvalue weighted by Crippen LogP contribution is 2.36. The highest BCUT2D eigenvalue weighted by atomic mass is 19.4. The van der Waals surface area contributed by atoms with Crippen molar-refractivity contribution < 1.29 is 27.1 Å². The van der Waals surface area contributed by atoms with E-state index < -0.39 is 40.7 Å². The number of aliphatic hydroxyl groups is 1. The molecule has 1 N–H and O–H groups in total. The summed E-state index contributed by atoms with van der Waals surface area (Å²) in [7, 11) is 0. The lowest BCUT2D eigenvalue weighted by Gasteiger charge is -2.37. The number of alkyl halides is 3. The van der Waals surface area contributed by atoms with E-state index in [4.69, 9.17) is 0 Å². The zero-order valence-electron chi connectivity index (χ0n) is 24.5. The molecule has 10 nitrogen and oxygen atoms in total. The fraction of sp³-hybridized carbons (Fsp3) is 0.290. The van der Waals surface area contributed by atoms with Crippen LogP contribution in [0.15, 0.2) is 90.5 Å². The predicted molar refractivity (Wildman–Crippen MR) is 159 cm³/mol. The SMILES string of the molecule is C[C@H](n1ncn(-c2ccc(N3CCN(c4ccc(C(F)(F)F)cc4)CC3)cc2)c1=O)[C@@](O)(Cn1cncn1)c1ccc(F)cc1F. The number of hydrogen-bond donors (Lipinski definition) is 1. The van der Waals surface area contributed by atoms with E-state index in [0.717, 1.165) is 40.3 Å². The van der Waals surface area contributed by atoms with Crippen LogP contribution in [-0.4, -0.2) is 60.4 Å². The van der Waals surface area contributed by atoms with Gasteiger partial charge in [-0.1, -0.05) is 6.07 Å². The third-order valence-corrected chi connectivity index (χ3v) is 8.35. The van der Waals surface area contributed by atoms with Crippen molar-refractivity contribution in [2.45, 2.75) is 31.3 Å². The van der Waals surface area contributed by atoms with Gasteiger partial charge in [0.05, 0.1) is 23.8 Å². The number of piperazine rings is 1. The molecule has 0 spiro atoms. The van der Waals surface area contributed by atoms with Crippen LogP contribution in [0.25, 0.3) is 5.69 Å². The lowest BCUT2D eigenvalue weighted by Crippen LogP contribution is -2.46. The number of halogens is 5. The van der Waals surface area contributed by atoms with Crippen LogP contribution >= 0.6 is 0 Å². The van der Waals surface area contributed by atoms with Crippen LogP contribution in [0.4, 0.5) is 33.3 Å². The maximum absolute atomic E-state index is 15.0. The molecule has 0 radical (unpaired) electrons. The largest absolute Gasteiger partial charge is 0.416 e. The Kier molecular flexibility index (Phi) is 8.10. The van der Waals surface area contributed by atoms with E-state index in [1.807, 2.05) is 17.0 Å². The Bertz CT molecular complexity index is 1850. The Labute approximate surface area is 259 Å². The summed E-state index contributed by atoms with van der Waals surface area (Å²) >= 11 is 0. The summed E-state index contributed by atoms with van der Waals surface area (Å²) < 4.78 is 71.0. The van der Waals surface area contributed by atoms with Crippen molar-refractivity contribution >= 4 is 11.4 Å². The number of benzene rings is 3. The smallest absolute Gasteiger partial charge is 0.381 e. The Morgan fingerprint density at radius 2 is 1.41 bits per heavy atom. The van der Waals surface area contributed by atoms with Crippen molar-refractivity contribution in [3.8, 4) is 5.69 Å². The summed E-state index contributed by atoms with van der Waals surface area (Å²) in [6.45, 7) is 3.72. The predicted octanol–water partition coefficient (Wildman–Crippen LogP) is 4.40. The van der Waals surface area contributed by atoms with Gasteiger partial charge in [0, 0.05) is 49.2 Å². The van der Waals surface area contributed by atoms with Crippen molar-refractivity contribution in [3.63, 3.8) is 0 Å². The number of anilines is 2. The van der Waals surface area contributed by atoms with Gasteiger partial charge in [-0.3, -0.25) is 0 Å². The number of hydrogen-bond acceptors (Lipinski definition) is 7. The maximum atomic E-state index is 15.0. The minimum Gasteiger partial charge on any atom is -0.381 e. The summed E-state index contributed by atoms with van der Waals surface area (Å²) in [6, 6.07) is 14.0. The van der Waals surface area contributed by atoms with Gasteiger partial charge in [0.25, 0.3) is 0 Å². The molecular formula is C31H29F5N8O2. The second-order valence-electron chi connectivity index (χ2n) is 11.1. The molecule has 15 heteroatoms. The molecule has 1 aliphatic rings. The quantitative estimate of drug-likeness (QED) is 0.251. The number of nitrogens with zero attached hydrogens (tertiary/aromatic N) is 8. The average Bonchev–Trinajstić information content (AvgIpc) is 3.69. The van der Waals surface area contributed by atoms with E-state index in [-0.39, 0.29) is 12.1 Å². The first-order valence-corrected chi connectivity index (χ1v) is 14.4. The molecule has 6 rings (SSSR count). The topological polar surface area (TPSA) is 97.2 Å². The Balaban J connectivity index is 1.18. The summed E-state index contributed by atoms with van der Waals surface area (Å²) in [6.07, 6.45) is -0.503. The summed E-state index contributed by atoms with van der Waals surface area (Å²) in [5.74, 6) is -1.80. The molecule has 2 atom stereocenters. The maximum Gasteiger partial charge on any atom is 0.416 e. The van der Waals surface area contributed by atoms with Gasteiger partial charge in [-0.05, 0) is 61.5 Å². The molecule has 3 heterocycles. The molecule has 0 unspecified atom stereocenters. The lowest BCUT2D eigenvalue weighted by atomic mass is 9.86. The Morgan fingerprint density at radius 3 is 1.96 bits per heavy atom. The molecule has 5 aromatic rings. The first-order valence-electron chi connectivity index (χ1n) is 14.4. The molecule has 0 saturated carbocycles. The number of rotatable bonds is 8. The highest BCUT2D eigenvalue weighted by Gasteiger charge is 2.42. The van der Waals surface area contributed by atoms with Crippen molar-refractivity contribution in [2.24, 2.45) is 0 Å². The third kappa shape index (κ3) is 5.97. The van der Waals surface area contributed by atoms with Crippen molar-refractivity contribution in [2.75, 3.05) is 36.0 Å². The molecule has 1 aliphatic heterocycles. The van der Waals surface area contributed by atoms with Gasteiger partial charge in [0.1, 0.15) is 36.2 Å². The van der Waals surface area contributed by atoms with Gasteiger partial charge in [-0.15, -0.1) is 0 Å². The minimum absolute atomic E-state index is 0.235. The van der Waals surface area contributed by atoms with E-state index in [1.54, 1.807) is 12.1 Å². The van der Waals surface area contributed by atoms with E-state index >= 15 is 0 Å². The number of aromatic nitrogens is 6. The normalized spacial score (nSPS) is 16.0. The van der Waals surface area contributed by atoms with Gasteiger partial charge in [-0.25, -0.2) is 32.5 Å². The van der Waals surface area contributed by atoms with Crippen molar-refractivity contribution in [1.29, 1.82) is 0 Å². The second kappa shape index (κ2) is 12.0. The molecule has 2 aromatic heterocycles. The molecule has 0 aliphatic carbocycles. The van der Waals surface area contributed by atoms with E-state index in [0.29, 0.717) is 37.9 Å². The van der Waals surface area contributed by atoms with Gasteiger partial charge >= 0.3 is 11.9 Å². The fourth-order valence-electron chi connectivity index (χ4n) is 5.71. The monoisotopic (exact) mass is 640 g/mol. The van der Waals surface area contributed by atoms with E-state index in [2.05, 4.69) is 20.1 Å². The molecule has 240 valence electrons. The first-order chi connectivity index (χ1) is 21.9. The Morgan fingerprint density at radius 1 is 0.826 bits per heavy atom. The average molecular weight is 641 g/mol. The zero-order valence-corrected chi connectivity index (χ0v) is 24.5. The molecular weight excluding hydrogens is 611 g/mol. The first kappa shape index (κ1) is 31.0. The van der Waals surface area contributed by atoms with Crippen LogP contribution in [0.3, 0.4) is 0 Å². The van der Waals surface area contributed by atoms with Crippen LogP contribution in [-0.2, 0) is 18.3 Å². The minimum atomic E-state index is -4.38.